The first-order valence-corrected chi connectivity index (χ1v) is 4.05. The normalized spacial score (nSPS) is 11.2. The summed E-state index contributed by atoms with van der Waals surface area (Å²) in [6, 6.07) is 0. The molecule has 0 heterocycles. The van der Waals surface area contributed by atoms with E-state index in [0.29, 0.717) is 11.8 Å². The second-order valence-corrected chi connectivity index (χ2v) is 4.56. The number of rotatable bonds is 0. The Kier molecular flexibility index (Phi) is 3.45. The average molecular weight is 178 g/mol. The van der Waals surface area contributed by atoms with E-state index < -0.39 is 9.86 Å². The number of carbonyl (C=O) groups excluding carboxylic acids is 2. The second kappa shape index (κ2) is 3.44. The quantitative estimate of drug-likeness (QED) is 0.578. The number of hydrogen-bond acceptors (Lipinski definition) is 3. The molecule has 0 aromatic rings. The Hall–Kier alpha value is 0.0400. The Bertz CT molecular complexity index is 158. The van der Waals surface area contributed by atoms with Gasteiger partial charge in [-0.3, -0.25) is 9.59 Å². The topological polar surface area (TPSA) is 34.1 Å². The molecule has 0 saturated carbocycles. The molecule has 0 aliphatic carbocycles. The summed E-state index contributed by atoms with van der Waals surface area (Å²) < 4.78 is -0.445. The molecule has 0 radical (unpaired) electrons. The predicted octanol–water partition coefficient (Wildman–Crippen LogP) is 2.34. The first kappa shape index (κ1) is 10.0. The van der Waals surface area contributed by atoms with Crippen LogP contribution in [-0.2, 0) is 4.79 Å². The van der Waals surface area contributed by atoms with Crippen molar-refractivity contribution in [2.45, 2.75) is 20.8 Å². The fourth-order valence-electron chi connectivity index (χ4n) is 0.232. The molecule has 0 spiro atoms. The van der Waals surface area contributed by atoms with E-state index in [4.69, 9.17) is 0 Å². The minimum atomic E-state index is -0.455. The zero-order chi connectivity index (χ0) is 8.36. The molecule has 0 atom stereocenters. The van der Waals surface area contributed by atoms with Gasteiger partial charge in [0.1, 0.15) is 0 Å². The van der Waals surface area contributed by atoms with Gasteiger partial charge in [-0.15, -0.1) is 0 Å². The van der Waals surface area contributed by atoms with Crippen LogP contribution in [0.2, 0.25) is 0 Å². The fourth-order valence-corrected chi connectivity index (χ4v) is 0.946. The number of hydrogen-bond donors (Lipinski definition) is 1. The van der Waals surface area contributed by atoms with Gasteiger partial charge < -0.3 is 0 Å². The molecular weight excluding hydrogens is 168 g/mol. The molecule has 0 fully saturated rings. The summed E-state index contributed by atoms with van der Waals surface area (Å²) in [6.45, 7) is 5.29. The van der Waals surface area contributed by atoms with Crippen molar-refractivity contribution in [3.8, 4) is 0 Å². The Morgan fingerprint density at radius 3 is 1.80 bits per heavy atom. The van der Waals surface area contributed by atoms with Gasteiger partial charge in [0.15, 0.2) is 0 Å². The van der Waals surface area contributed by atoms with E-state index >= 15 is 0 Å². The summed E-state index contributed by atoms with van der Waals surface area (Å²) in [7, 11) is 0. The van der Waals surface area contributed by atoms with Gasteiger partial charge in [-0.25, -0.2) is 0 Å². The Balaban J connectivity index is 3.99. The van der Waals surface area contributed by atoms with Crippen LogP contribution in [-0.4, -0.2) is 9.56 Å². The average Bonchev–Trinajstić information content (AvgIpc) is 1.60. The van der Waals surface area contributed by atoms with Gasteiger partial charge in [-0.05, 0) is 11.8 Å². The lowest BCUT2D eigenvalue weighted by Crippen LogP contribution is -2.16. The molecule has 0 saturated heterocycles. The fraction of sp³-hybridized carbons (Fsp3) is 0.667. The molecule has 0 amide bonds. The minimum Gasteiger partial charge on any atom is -0.286 e. The summed E-state index contributed by atoms with van der Waals surface area (Å²) >= 11 is 4.12. The van der Waals surface area contributed by atoms with Crippen LogP contribution in [0.5, 0.6) is 0 Å². The van der Waals surface area contributed by atoms with Crippen LogP contribution in [0.25, 0.3) is 0 Å². The Morgan fingerprint density at radius 1 is 1.30 bits per heavy atom. The molecular formula is C6H10O2S2. The summed E-state index contributed by atoms with van der Waals surface area (Å²) in [5, 5.41) is -0.146. The lowest BCUT2D eigenvalue weighted by Gasteiger charge is -2.13. The van der Waals surface area contributed by atoms with Gasteiger partial charge in [0, 0.05) is 5.41 Å². The first-order valence-electron chi connectivity index (χ1n) is 2.79. The maximum atomic E-state index is 11.0. The van der Waals surface area contributed by atoms with E-state index in [9.17, 15) is 9.59 Å². The van der Waals surface area contributed by atoms with Crippen molar-refractivity contribution in [2.75, 3.05) is 0 Å². The van der Waals surface area contributed by atoms with Gasteiger partial charge >= 0.3 is 0 Å². The lowest BCUT2D eigenvalue weighted by molar-refractivity contribution is -0.117. The SMILES string of the molecule is CC(C)(C)C(=O)SC(=O)S. The van der Waals surface area contributed by atoms with Crippen LogP contribution in [0.4, 0.5) is 4.79 Å². The molecule has 0 aromatic carbocycles. The standard InChI is InChI=1S/C6H10O2S2/c1-6(2,3)4(7)10-5(8)9/h1-3H3,(H,8,9). The van der Waals surface area contributed by atoms with E-state index in [2.05, 4.69) is 12.6 Å². The Labute approximate surface area is 70.2 Å². The van der Waals surface area contributed by atoms with Crippen molar-refractivity contribution in [1.29, 1.82) is 0 Å². The molecule has 0 aromatic heterocycles. The van der Waals surface area contributed by atoms with Crippen molar-refractivity contribution in [1.82, 2.24) is 0 Å². The van der Waals surface area contributed by atoms with Gasteiger partial charge in [0.2, 0.25) is 5.12 Å². The van der Waals surface area contributed by atoms with Crippen LogP contribution >= 0.6 is 24.4 Å². The van der Waals surface area contributed by atoms with Gasteiger partial charge in [0.25, 0.3) is 4.45 Å². The van der Waals surface area contributed by atoms with E-state index in [1.165, 1.54) is 0 Å². The van der Waals surface area contributed by atoms with Crippen LogP contribution in [0.1, 0.15) is 20.8 Å². The van der Waals surface area contributed by atoms with Crippen LogP contribution in [0, 0.1) is 5.41 Å². The van der Waals surface area contributed by atoms with Crippen molar-refractivity contribution in [3.05, 3.63) is 0 Å². The molecule has 58 valence electrons. The molecule has 10 heavy (non-hydrogen) atoms. The molecule has 0 rings (SSSR count). The van der Waals surface area contributed by atoms with Crippen molar-refractivity contribution < 1.29 is 9.59 Å². The van der Waals surface area contributed by atoms with E-state index in [0.717, 1.165) is 0 Å². The van der Waals surface area contributed by atoms with Crippen molar-refractivity contribution in [2.24, 2.45) is 5.41 Å². The monoisotopic (exact) mass is 178 g/mol. The van der Waals surface area contributed by atoms with Crippen LogP contribution in [0.3, 0.4) is 0 Å². The zero-order valence-electron chi connectivity index (χ0n) is 6.17. The summed E-state index contributed by atoms with van der Waals surface area (Å²) in [5.41, 5.74) is -0.455. The highest BCUT2D eigenvalue weighted by Crippen LogP contribution is 2.24. The molecule has 0 N–H and O–H groups in total. The maximum absolute atomic E-state index is 11.0. The molecule has 2 nitrogen and oxygen atoms in total. The highest BCUT2D eigenvalue weighted by atomic mass is 32.2. The number of thioether (sulfide) groups is 1. The summed E-state index contributed by atoms with van der Waals surface area (Å²) in [4.78, 5) is 21.3. The van der Waals surface area contributed by atoms with Crippen LogP contribution in [0.15, 0.2) is 0 Å². The van der Waals surface area contributed by atoms with E-state index in [1.807, 2.05) is 0 Å². The third kappa shape index (κ3) is 3.95. The number of carbonyl (C=O) groups is 2. The number of thiol groups is 1. The third-order valence-corrected chi connectivity index (χ3v) is 2.04. The van der Waals surface area contributed by atoms with Gasteiger partial charge in [0.05, 0.1) is 0 Å². The highest BCUT2D eigenvalue weighted by molar-refractivity contribution is 8.39. The molecule has 4 heteroatoms. The maximum Gasteiger partial charge on any atom is 0.250 e. The van der Waals surface area contributed by atoms with E-state index in [1.54, 1.807) is 20.8 Å². The molecule has 0 bridgehead atoms. The first-order chi connectivity index (χ1) is 4.34. The predicted molar refractivity (Wildman–Crippen MR) is 46.4 cm³/mol. The van der Waals surface area contributed by atoms with Crippen molar-refractivity contribution >= 4 is 34.0 Å². The smallest absolute Gasteiger partial charge is 0.250 e. The second-order valence-electron chi connectivity index (χ2n) is 2.91. The molecule has 0 aliphatic rings. The van der Waals surface area contributed by atoms with Gasteiger partial charge in [-0.2, -0.15) is 0 Å². The third-order valence-electron chi connectivity index (χ3n) is 0.792. The highest BCUT2D eigenvalue weighted by Gasteiger charge is 2.23. The lowest BCUT2D eigenvalue weighted by atomic mass is 10.00. The molecule has 0 aliphatic heterocycles. The summed E-state index contributed by atoms with van der Waals surface area (Å²) in [6.07, 6.45) is 0. The van der Waals surface area contributed by atoms with Gasteiger partial charge in [-0.1, -0.05) is 33.4 Å². The largest absolute Gasteiger partial charge is 0.286 e. The van der Waals surface area contributed by atoms with Crippen LogP contribution < -0.4 is 0 Å². The minimum absolute atomic E-state index is 0.146. The van der Waals surface area contributed by atoms with E-state index in [-0.39, 0.29) is 5.12 Å². The van der Waals surface area contributed by atoms with Crippen molar-refractivity contribution in [3.63, 3.8) is 0 Å². The molecule has 0 unspecified atom stereocenters. The zero-order valence-corrected chi connectivity index (χ0v) is 7.88. The summed E-state index contributed by atoms with van der Waals surface area (Å²) in [5.74, 6) is 0. The Morgan fingerprint density at radius 2 is 1.70 bits per heavy atom.